The van der Waals surface area contributed by atoms with Crippen molar-refractivity contribution >= 4 is 5.91 Å². The van der Waals surface area contributed by atoms with Gasteiger partial charge in [0, 0.05) is 0 Å². The number of aliphatic hydroxyl groups excluding tert-OH is 2. The molecule has 1 atom stereocenters. The Morgan fingerprint density at radius 1 is 1.28 bits per heavy atom. The minimum atomic E-state index is -0.973. The zero-order valence-electron chi connectivity index (χ0n) is 10.9. The van der Waals surface area contributed by atoms with Gasteiger partial charge in [0.05, 0.1) is 24.7 Å². The molecule has 0 saturated heterocycles. The summed E-state index contributed by atoms with van der Waals surface area (Å²) >= 11 is 0. The number of carbonyl (C=O) groups excluding carboxylic acids is 1. The maximum absolute atomic E-state index is 12.2. The third kappa shape index (κ3) is 3.55. The Hall–Kier alpha value is -1.39. The van der Waals surface area contributed by atoms with Crippen LogP contribution in [-0.4, -0.2) is 34.9 Å². The molecule has 0 bridgehead atoms. The summed E-state index contributed by atoms with van der Waals surface area (Å²) in [6.45, 7) is 2.97. The molecule has 18 heavy (non-hydrogen) atoms. The number of amides is 1. The van der Waals surface area contributed by atoms with Gasteiger partial charge in [-0.1, -0.05) is 37.3 Å². The van der Waals surface area contributed by atoms with Crippen molar-refractivity contribution in [2.45, 2.75) is 31.7 Å². The van der Waals surface area contributed by atoms with E-state index in [9.17, 15) is 15.0 Å². The van der Waals surface area contributed by atoms with Crippen molar-refractivity contribution in [2.24, 2.45) is 0 Å². The maximum atomic E-state index is 12.2. The van der Waals surface area contributed by atoms with Crippen molar-refractivity contribution < 1.29 is 15.0 Å². The van der Waals surface area contributed by atoms with Crippen LogP contribution >= 0.6 is 0 Å². The third-order valence-electron chi connectivity index (χ3n) is 3.05. The van der Waals surface area contributed by atoms with Gasteiger partial charge in [0.1, 0.15) is 0 Å². The lowest BCUT2D eigenvalue weighted by atomic mass is 9.94. The van der Waals surface area contributed by atoms with Crippen LogP contribution in [0.3, 0.4) is 0 Å². The molecule has 3 N–H and O–H groups in total. The van der Waals surface area contributed by atoms with Crippen molar-refractivity contribution in [3.05, 3.63) is 35.9 Å². The van der Waals surface area contributed by atoms with Gasteiger partial charge in [-0.15, -0.1) is 0 Å². The smallest absolute Gasteiger partial charge is 0.228 e. The standard InChI is InChI=1S/C14H21NO3/c1-3-12(11-7-5-4-6-8-11)13(18)15-14(2,9-16)10-17/h4-8,12,16-17H,3,9-10H2,1-2H3,(H,15,18). The Kier molecular flexibility index (Phi) is 5.31. The van der Waals surface area contributed by atoms with Crippen molar-refractivity contribution in [3.63, 3.8) is 0 Å². The summed E-state index contributed by atoms with van der Waals surface area (Å²) in [7, 11) is 0. The second-order valence-corrected chi connectivity index (χ2v) is 4.74. The van der Waals surface area contributed by atoms with Crippen LogP contribution in [0.1, 0.15) is 31.7 Å². The minimum Gasteiger partial charge on any atom is -0.394 e. The van der Waals surface area contributed by atoms with Gasteiger partial charge in [0.15, 0.2) is 0 Å². The lowest BCUT2D eigenvalue weighted by molar-refractivity contribution is -0.125. The molecule has 0 aliphatic carbocycles. The van der Waals surface area contributed by atoms with Crippen molar-refractivity contribution in [1.29, 1.82) is 0 Å². The SMILES string of the molecule is CCC(C(=O)NC(C)(CO)CO)c1ccccc1. The van der Waals surface area contributed by atoms with E-state index >= 15 is 0 Å². The van der Waals surface area contributed by atoms with Gasteiger partial charge in [0.25, 0.3) is 0 Å². The predicted octanol–water partition coefficient (Wildman–Crippen LogP) is 1.04. The van der Waals surface area contributed by atoms with Crippen molar-refractivity contribution in [1.82, 2.24) is 5.32 Å². The number of benzene rings is 1. The average Bonchev–Trinajstić information content (AvgIpc) is 2.40. The summed E-state index contributed by atoms with van der Waals surface area (Å²) in [4.78, 5) is 12.2. The predicted molar refractivity (Wildman–Crippen MR) is 70.2 cm³/mol. The van der Waals surface area contributed by atoms with E-state index in [1.807, 2.05) is 37.3 Å². The normalized spacial score (nSPS) is 13.1. The summed E-state index contributed by atoms with van der Waals surface area (Å²) < 4.78 is 0. The third-order valence-corrected chi connectivity index (χ3v) is 3.05. The molecular formula is C14H21NO3. The van der Waals surface area contributed by atoms with Gasteiger partial charge in [-0.05, 0) is 18.9 Å². The quantitative estimate of drug-likeness (QED) is 0.707. The van der Waals surface area contributed by atoms with E-state index in [0.717, 1.165) is 5.56 Å². The molecule has 1 aromatic carbocycles. The Morgan fingerprint density at radius 2 is 1.83 bits per heavy atom. The highest BCUT2D eigenvalue weighted by Gasteiger charge is 2.28. The molecule has 1 aromatic rings. The fourth-order valence-electron chi connectivity index (χ4n) is 1.77. The average molecular weight is 251 g/mol. The molecule has 0 aromatic heterocycles. The van der Waals surface area contributed by atoms with Gasteiger partial charge < -0.3 is 15.5 Å². The molecule has 4 heteroatoms. The molecular weight excluding hydrogens is 230 g/mol. The van der Waals surface area contributed by atoms with Gasteiger partial charge >= 0.3 is 0 Å². The van der Waals surface area contributed by atoms with Gasteiger partial charge in [-0.2, -0.15) is 0 Å². The van der Waals surface area contributed by atoms with Crippen LogP contribution in [0.15, 0.2) is 30.3 Å². The zero-order chi connectivity index (χ0) is 13.6. The highest BCUT2D eigenvalue weighted by Crippen LogP contribution is 2.20. The summed E-state index contributed by atoms with van der Waals surface area (Å²) in [6, 6.07) is 9.50. The van der Waals surface area contributed by atoms with E-state index in [2.05, 4.69) is 5.32 Å². The monoisotopic (exact) mass is 251 g/mol. The fraction of sp³-hybridized carbons (Fsp3) is 0.500. The summed E-state index contributed by atoms with van der Waals surface area (Å²) in [5.74, 6) is -0.432. The molecule has 0 aliphatic heterocycles. The van der Waals surface area contributed by atoms with Crippen LogP contribution in [0, 0.1) is 0 Å². The Bertz CT molecular complexity index is 374. The van der Waals surface area contributed by atoms with Crippen LogP contribution in [0.2, 0.25) is 0 Å². The number of nitrogens with one attached hydrogen (secondary N) is 1. The van der Waals surface area contributed by atoms with Crippen LogP contribution in [0.4, 0.5) is 0 Å². The van der Waals surface area contributed by atoms with Gasteiger partial charge in [0.2, 0.25) is 5.91 Å². The second kappa shape index (κ2) is 6.52. The molecule has 0 fully saturated rings. The largest absolute Gasteiger partial charge is 0.394 e. The van der Waals surface area contributed by atoms with Gasteiger partial charge in [-0.25, -0.2) is 0 Å². The molecule has 0 radical (unpaired) electrons. The van der Waals surface area contributed by atoms with E-state index in [1.54, 1.807) is 6.92 Å². The molecule has 0 aliphatic rings. The lowest BCUT2D eigenvalue weighted by Gasteiger charge is -2.28. The molecule has 1 amide bonds. The molecule has 0 spiro atoms. The minimum absolute atomic E-state index is 0.172. The van der Waals surface area contributed by atoms with Crippen molar-refractivity contribution in [3.8, 4) is 0 Å². The number of hydrogen-bond donors (Lipinski definition) is 3. The molecule has 4 nitrogen and oxygen atoms in total. The Labute approximate surface area is 108 Å². The fourth-order valence-corrected chi connectivity index (χ4v) is 1.77. The molecule has 0 saturated carbocycles. The first-order valence-corrected chi connectivity index (χ1v) is 6.15. The van der Waals surface area contributed by atoms with E-state index in [1.165, 1.54) is 0 Å². The molecule has 100 valence electrons. The Balaban J connectivity index is 2.81. The summed E-state index contributed by atoms with van der Waals surface area (Å²) in [6.07, 6.45) is 0.669. The zero-order valence-corrected chi connectivity index (χ0v) is 10.9. The van der Waals surface area contributed by atoms with E-state index in [-0.39, 0.29) is 25.0 Å². The highest BCUT2D eigenvalue weighted by atomic mass is 16.3. The lowest BCUT2D eigenvalue weighted by Crippen LogP contribution is -2.53. The summed E-state index contributed by atoms with van der Waals surface area (Å²) in [5, 5.41) is 21.1. The number of hydrogen-bond acceptors (Lipinski definition) is 3. The van der Waals surface area contributed by atoms with Crippen LogP contribution in [-0.2, 0) is 4.79 Å². The summed E-state index contributed by atoms with van der Waals surface area (Å²) in [5.41, 5.74) is -0.0324. The second-order valence-electron chi connectivity index (χ2n) is 4.74. The maximum Gasteiger partial charge on any atom is 0.228 e. The Morgan fingerprint density at radius 3 is 2.28 bits per heavy atom. The van der Waals surface area contributed by atoms with E-state index in [4.69, 9.17) is 0 Å². The van der Waals surface area contributed by atoms with Crippen LogP contribution in [0.25, 0.3) is 0 Å². The topological polar surface area (TPSA) is 69.6 Å². The first-order chi connectivity index (χ1) is 8.56. The highest BCUT2D eigenvalue weighted by molar-refractivity contribution is 5.84. The number of rotatable bonds is 6. The number of aliphatic hydroxyl groups is 2. The first-order valence-electron chi connectivity index (χ1n) is 6.15. The van der Waals surface area contributed by atoms with E-state index in [0.29, 0.717) is 6.42 Å². The molecule has 0 heterocycles. The van der Waals surface area contributed by atoms with E-state index < -0.39 is 5.54 Å². The number of carbonyl (C=O) groups is 1. The van der Waals surface area contributed by atoms with Crippen LogP contribution < -0.4 is 5.32 Å². The molecule has 1 rings (SSSR count). The van der Waals surface area contributed by atoms with Crippen LogP contribution in [0.5, 0.6) is 0 Å². The van der Waals surface area contributed by atoms with Crippen molar-refractivity contribution in [2.75, 3.05) is 13.2 Å². The molecule has 1 unspecified atom stereocenters. The first kappa shape index (κ1) is 14.7. The van der Waals surface area contributed by atoms with Gasteiger partial charge in [-0.3, -0.25) is 4.79 Å².